The van der Waals surface area contributed by atoms with Crippen molar-refractivity contribution in [1.82, 2.24) is 15.6 Å². The number of halogens is 1. The van der Waals surface area contributed by atoms with Crippen LogP contribution in [0.25, 0.3) is 0 Å². The molecular formula is C20H28IN5O. The zero-order valence-electron chi connectivity index (χ0n) is 16.1. The molecule has 6 nitrogen and oxygen atoms in total. The summed E-state index contributed by atoms with van der Waals surface area (Å²) < 4.78 is 5.30. The molecule has 1 aromatic carbocycles. The molecule has 0 bridgehead atoms. The number of nitrogens with zero attached hydrogens (tertiary/aromatic N) is 3. The normalized spacial score (nSPS) is 16.6. The van der Waals surface area contributed by atoms with Gasteiger partial charge in [0.15, 0.2) is 5.96 Å². The highest BCUT2D eigenvalue weighted by Gasteiger charge is 2.23. The van der Waals surface area contributed by atoms with Gasteiger partial charge in [0.1, 0.15) is 0 Å². The van der Waals surface area contributed by atoms with Gasteiger partial charge in [0, 0.05) is 50.2 Å². The molecule has 0 saturated carbocycles. The summed E-state index contributed by atoms with van der Waals surface area (Å²) in [5.74, 6) is 1.44. The van der Waals surface area contributed by atoms with Gasteiger partial charge in [-0.15, -0.1) is 24.0 Å². The minimum atomic E-state index is 0. The van der Waals surface area contributed by atoms with Crippen LogP contribution in [0, 0.1) is 6.92 Å². The Morgan fingerprint density at radius 3 is 2.78 bits per heavy atom. The largest absolute Gasteiger partial charge is 0.481 e. The minimum absolute atomic E-state index is 0. The molecule has 27 heavy (non-hydrogen) atoms. The van der Waals surface area contributed by atoms with E-state index in [9.17, 15) is 0 Å². The molecule has 1 saturated heterocycles. The van der Waals surface area contributed by atoms with E-state index in [-0.39, 0.29) is 24.0 Å². The molecule has 2 N–H and O–H groups in total. The summed E-state index contributed by atoms with van der Waals surface area (Å²) in [5.41, 5.74) is 3.58. The van der Waals surface area contributed by atoms with Crippen LogP contribution < -0.4 is 20.3 Å². The molecule has 0 radical (unpaired) electrons. The summed E-state index contributed by atoms with van der Waals surface area (Å²) in [4.78, 5) is 11.0. The zero-order chi connectivity index (χ0) is 18.4. The van der Waals surface area contributed by atoms with Gasteiger partial charge in [-0.1, -0.05) is 23.8 Å². The summed E-state index contributed by atoms with van der Waals surface area (Å²) in [6, 6.07) is 13.0. The SMILES string of the molecule is CN=C(NCc1cccnc1OC)NC1CCN(c2ccc(C)cc2)C1.I. The minimum Gasteiger partial charge on any atom is -0.481 e. The highest BCUT2D eigenvalue weighted by molar-refractivity contribution is 14.0. The van der Waals surface area contributed by atoms with E-state index < -0.39 is 0 Å². The summed E-state index contributed by atoms with van der Waals surface area (Å²) >= 11 is 0. The number of aromatic nitrogens is 1. The second-order valence-electron chi connectivity index (χ2n) is 6.51. The molecule has 0 spiro atoms. The summed E-state index contributed by atoms with van der Waals surface area (Å²) in [7, 11) is 3.43. The van der Waals surface area contributed by atoms with E-state index in [0.29, 0.717) is 18.5 Å². The first-order chi connectivity index (χ1) is 12.7. The predicted molar refractivity (Wildman–Crippen MR) is 121 cm³/mol. The van der Waals surface area contributed by atoms with E-state index in [2.05, 4.69) is 56.7 Å². The monoisotopic (exact) mass is 481 g/mol. The molecule has 3 rings (SSSR count). The number of benzene rings is 1. The van der Waals surface area contributed by atoms with Crippen molar-refractivity contribution >= 4 is 35.6 Å². The van der Waals surface area contributed by atoms with Gasteiger partial charge in [-0.2, -0.15) is 0 Å². The van der Waals surface area contributed by atoms with Crippen LogP contribution in [-0.2, 0) is 6.54 Å². The van der Waals surface area contributed by atoms with Crippen molar-refractivity contribution in [1.29, 1.82) is 0 Å². The molecule has 1 aliphatic heterocycles. The Morgan fingerprint density at radius 2 is 2.07 bits per heavy atom. The fraction of sp³-hybridized carbons (Fsp3) is 0.400. The molecular weight excluding hydrogens is 453 g/mol. The van der Waals surface area contributed by atoms with E-state index in [1.165, 1.54) is 11.3 Å². The average molecular weight is 481 g/mol. The fourth-order valence-electron chi connectivity index (χ4n) is 3.18. The van der Waals surface area contributed by atoms with E-state index in [4.69, 9.17) is 4.74 Å². The summed E-state index contributed by atoms with van der Waals surface area (Å²) in [5, 5.41) is 6.87. The van der Waals surface area contributed by atoms with Crippen LogP contribution >= 0.6 is 24.0 Å². The van der Waals surface area contributed by atoms with Crippen molar-refractivity contribution in [3.63, 3.8) is 0 Å². The molecule has 2 heterocycles. The van der Waals surface area contributed by atoms with Crippen molar-refractivity contribution in [3.05, 3.63) is 53.7 Å². The third kappa shape index (κ3) is 5.72. The van der Waals surface area contributed by atoms with Crippen LogP contribution in [-0.4, -0.2) is 44.2 Å². The number of nitrogens with one attached hydrogen (secondary N) is 2. The molecule has 0 aliphatic carbocycles. The fourth-order valence-corrected chi connectivity index (χ4v) is 3.18. The Bertz CT molecular complexity index is 750. The van der Waals surface area contributed by atoms with Crippen molar-refractivity contribution in [2.45, 2.75) is 25.9 Å². The van der Waals surface area contributed by atoms with Crippen molar-refractivity contribution in [3.8, 4) is 5.88 Å². The number of anilines is 1. The predicted octanol–water partition coefficient (Wildman–Crippen LogP) is 2.96. The lowest BCUT2D eigenvalue weighted by atomic mass is 10.2. The first kappa shape index (κ1) is 21.3. The number of guanidine groups is 1. The maximum atomic E-state index is 5.30. The molecule has 1 atom stereocenters. The smallest absolute Gasteiger partial charge is 0.218 e. The van der Waals surface area contributed by atoms with E-state index in [1.807, 2.05) is 12.1 Å². The Hall–Kier alpha value is -2.03. The highest BCUT2D eigenvalue weighted by Crippen LogP contribution is 2.20. The number of aryl methyl sites for hydroxylation is 1. The molecule has 1 fully saturated rings. The van der Waals surface area contributed by atoms with Gasteiger partial charge in [-0.3, -0.25) is 4.99 Å². The Balaban J connectivity index is 0.00000261. The van der Waals surface area contributed by atoms with Crippen LogP contribution in [0.2, 0.25) is 0 Å². The maximum absolute atomic E-state index is 5.30. The zero-order valence-corrected chi connectivity index (χ0v) is 18.4. The average Bonchev–Trinajstić information content (AvgIpc) is 3.14. The second-order valence-corrected chi connectivity index (χ2v) is 6.51. The molecule has 2 aromatic rings. The van der Waals surface area contributed by atoms with Gasteiger partial charge >= 0.3 is 0 Å². The van der Waals surface area contributed by atoms with Gasteiger partial charge in [-0.25, -0.2) is 4.98 Å². The number of rotatable bonds is 5. The number of pyridine rings is 1. The lowest BCUT2D eigenvalue weighted by Crippen LogP contribution is -2.44. The molecule has 0 amide bonds. The van der Waals surface area contributed by atoms with Gasteiger partial charge in [0.25, 0.3) is 0 Å². The second kappa shape index (κ2) is 10.3. The molecule has 7 heteroatoms. The van der Waals surface area contributed by atoms with Crippen LogP contribution in [0.5, 0.6) is 5.88 Å². The lowest BCUT2D eigenvalue weighted by molar-refractivity contribution is 0.392. The van der Waals surface area contributed by atoms with Gasteiger partial charge < -0.3 is 20.3 Å². The van der Waals surface area contributed by atoms with Crippen LogP contribution in [0.3, 0.4) is 0 Å². The number of methoxy groups -OCH3 is 1. The van der Waals surface area contributed by atoms with Crippen LogP contribution in [0.15, 0.2) is 47.6 Å². The summed E-state index contributed by atoms with van der Waals surface area (Å²) in [6.45, 7) is 4.75. The van der Waals surface area contributed by atoms with Crippen molar-refractivity contribution in [2.75, 3.05) is 32.1 Å². The van der Waals surface area contributed by atoms with E-state index in [1.54, 1.807) is 20.4 Å². The molecule has 1 unspecified atom stereocenters. The van der Waals surface area contributed by atoms with Gasteiger partial charge in [0.05, 0.1) is 7.11 Å². The Morgan fingerprint density at radius 1 is 1.30 bits per heavy atom. The third-order valence-electron chi connectivity index (χ3n) is 4.64. The first-order valence-electron chi connectivity index (χ1n) is 8.96. The number of ether oxygens (including phenoxy) is 1. The number of hydrogen-bond donors (Lipinski definition) is 2. The van der Waals surface area contributed by atoms with Crippen LogP contribution in [0.4, 0.5) is 5.69 Å². The van der Waals surface area contributed by atoms with E-state index in [0.717, 1.165) is 31.0 Å². The Kier molecular flexibility index (Phi) is 8.15. The summed E-state index contributed by atoms with van der Waals surface area (Å²) in [6.07, 6.45) is 2.82. The van der Waals surface area contributed by atoms with E-state index >= 15 is 0 Å². The first-order valence-corrected chi connectivity index (χ1v) is 8.96. The molecule has 1 aromatic heterocycles. The third-order valence-corrected chi connectivity index (χ3v) is 4.64. The maximum Gasteiger partial charge on any atom is 0.218 e. The topological polar surface area (TPSA) is 61.8 Å². The van der Waals surface area contributed by atoms with Crippen molar-refractivity contribution in [2.24, 2.45) is 4.99 Å². The quantitative estimate of drug-likeness (QED) is 0.391. The van der Waals surface area contributed by atoms with Crippen LogP contribution in [0.1, 0.15) is 17.5 Å². The molecule has 146 valence electrons. The molecule has 1 aliphatic rings. The lowest BCUT2D eigenvalue weighted by Gasteiger charge is -2.20. The standard InChI is InChI=1S/C20H27N5O.HI/c1-15-6-8-18(9-7-15)25-12-10-17(14-25)24-20(21-2)23-13-16-5-4-11-22-19(16)26-3;/h4-9,11,17H,10,12-14H2,1-3H3,(H2,21,23,24);1H. The van der Waals surface area contributed by atoms with Crippen molar-refractivity contribution < 1.29 is 4.74 Å². The highest BCUT2D eigenvalue weighted by atomic mass is 127. The Labute approximate surface area is 178 Å². The van der Waals surface area contributed by atoms with Gasteiger partial charge in [0.2, 0.25) is 5.88 Å². The van der Waals surface area contributed by atoms with Gasteiger partial charge in [-0.05, 0) is 31.5 Å². The number of aliphatic imine (C=N–C) groups is 1. The number of hydrogen-bond acceptors (Lipinski definition) is 4.